The van der Waals surface area contributed by atoms with Gasteiger partial charge < -0.3 is 4.74 Å². The standard InChI is InChI=1S/C11H10ClNO2/c1-3-15-10-5-4-8(7(2)14)9(6-13)11(10)12/h4-5H,3H2,1-2H3. The van der Waals surface area contributed by atoms with E-state index in [0.717, 1.165) is 0 Å². The summed E-state index contributed by atoms with van der Waals surface area (Å²) in [4.78, 5) is 11.2. The fourth-order valence-corrected chi connectivity index (χ4v) is 1.49. The molecule has 0 amide bonds. The molecule has 0 heterocycles. The normalized spacial score (nSPS) is 9.47. The highest BCUT2D eigenvalue weighted by molar-refractivity contribution is 6.33. The summed E-state index contributed by atoms with van der Waals surface area (Å²) in [6.45, 7) is 3.68. The van der Waals surface area contributed by atoms with Gasteiger partial charge in [-0.05, 0) is 26.0 Å². The van der Waals surface area contributed by atoms with E-state index < -0.39 is 0 Å². The monoisotopic (exact) mass is 223 g/mol. The Balaban J connectivity index is 3.34. The van der Waals surface area contributed by atoms with Gasteiger partial charge in [0.1, 0.15) is 16.8 Å². The molecule has 0 N–H and O–H groups in total. The summed E-state index contributed by atoms with van der Waals surface area (Å²) in [5.41, 5.74) is 0.501. The molecule has 0 aromatic heterocycles. The number of carbonyl (C=O) groups is 1. The molecule has 0 aliphatic carbocycles. The average Bonchev–Trinajstić information content (AvgIpc) is 2.20. The topological polar surface area (TPSA) is 50.1 Å². The highest BCUT2D eigenvalue weighted by Crippen LogP contribution is 2.30. The first-order valence-electron chi connectivity index (χ1n) is 4.48. The number of Topliss-reactive ketones (excluding diaryl/α,β-unsaturated/α-hetero) is 1. The summed E-state index contributed by atoms with van der Waals surface area (Å²) in [6.07, 6.45) is 0. The molecule has 0 aliphatic heterocycles. The third kappa shape index (κ3) is 2.28. The van der Waals surface area contributed by atoms with Crippen molar-refractivity contribution in [3.8, 4) is 11.8 Å². The molecule has 0 fully saturated rings. The number of rotatable bonds is 3. The molecule has 0 unspecified atom stereocenters. The van der Waals surface area contributed by atoms with Crippen LogP contribution >= 0.6 is 11.6 Å². The van der Waals surface area contributed by atoms with Gasteiger partial charge in [-0.25, -0.2) is 0 Å². The van der Waals surface area contributed by atoms with E-state index >= 15 is 0 Å². The molecule has 0 bridgehead atoms. The molecule has 0 radical (unpaired) electrons. The average molecular weight is 224 g/mol. The van der Waals surface area contributed by atoms with E-state index in [2.05, 4.69) is 0 Å². The van der Waals surface area contributed by atoms with Gasteiger partial charge in [-0.2, -0.15) is 5.26 Å². The fraction of sp³-hybridized carbons (Fsp3) is 0.273. The van der Waals surface area contributed by atoms with E-state index in [1.165, 1.54) is 6.92 Å². The molecule has 1 aromatic carbocycles. The first-order valence-corrected chi connectivity index (χ1v) is 4.86. The van der Waals surface area contributed by atoms with E-state index in [1.807, 2.05) is 13.0 Å². The second-order valence-corrected chi connectivity index (χ2v) is 3.28. The summed E-state index contributed by atoms with van der Waals surface area (Å²) in [5, 5.41) is 9.10. The van der Waals surface area contributed by atoms with Crippen LogP contribution in [0.2, 0.25) is 5.02 Å². The minimum absolute atomic E-state index is 0.176. The van der Waals surface area contributed by atoms with Crippen LogP contribution in [-0.4, -0.2) is 12.4 Å². The Labute approximate surface area is 93.2 Å². The van der Waals surface area contributed by atoms with Crippen molar-refractivity contribution in [2.24, 2.45) is 0 Å². The largest absolute Gasteiger partial charge is 0.492 e. The van der Waals surface area contributed by atoms with Gasteiger partial charge in [0.2, 0.25) is 0 Å². The molecule has 3 nitrogen and oxygen atoms in total. The summed E-state index contributed by atoms with van der Waals surface area (Å²) in [5.74, 6) is 0.247. The number of nitriles is 1. The predicted octanol–water partition coefficient (Wildman–Crippen LogP) is 2.81. The third-order valence-electron chi connectivity index (χ3n) is 1.90. The van der Waals surface area contributed by atoms with Crippen molar-refractivity contribution in [3.05, 3.63) is 28.3 Å². The van der Waals surface area contributed by atoms with E-state index in [4.69, 9.17) is 21.6 Å². The highest BCUT2D eigenvalue weighted by atomic mass is 35.5. The molecule has 0 aliphatic rings. The number of hydrogen-bond acceptors (Lipinski definition) is 3. The number of halogens is 1. The van der Waals surface area contributed by atoms with Gasteiger partial charge in [0.25, 0.3) is 0 Å². The van der Waals surface area contributed by atoms with E-state index in [0.29, 0.717) is 17.9 Å². The van der Waals surface area contributed by atoms with E-state index in [1.54, 1.807) is 12.1 Å². The van der Waals surface area contributed by atoms with Crippen molar-refractivity contribution in [1.82, 2.24) is 0 Å². The SMILES string of the molecule is CCOc1ccc(C(C)=O)c(C#N)c1Cl. The van der Waals surface area contributed by atoms with Crippen molar-refractivity contribution in [2.45, 2.75) is 13.8 Å². The van der Waals surface area contributed by atoms with Crippen LogP contribution in [0.15, 0.2) is 12.1 Å². The lowest BCUT2D eigenvalue weighted by atomic mass is 10.0. The molecule has 0 atom stereocenters. The van der Waals surface area contributed by atoms with Crippen LogP contribution in [0.25, 0.3) is 0 Å². The quantitative estimate of drug-likeness (QED) is 0.741. The zero-order chi connectivity index (χ0) is 11.4. The third-order valence-corrected chi connectivity index (χ3v) is 2.27. The second kappa shape index (κ2) is 4.81. The Morgan fingerprint density at radius 2 is 2.27 bits per heavy atom. The highest BCUT2D eigenvalue weighted by Gasteiger charge is 2.14. The van der Waals surface area contributed by atoms with E-state index in [9.17, 15) is 4.79 Å². The summed E-state index contributed by atoms with van der Waals surface area (Å²) in [6, 6.07) is 5.07. The van der Waals surface area contributed by atoms with Crippen LogP contribution in [0.4, 0.5) is 0 Å². The maximum absolute atomic E-state index is 11.2. The van der Waals surface area contributed by atoms with Crippen molar-refractivity contribution >= 4 is 17.4 Å². The van der Waals surface area contributed by atoms with Gasteiger partial charge in [0.05, 0.1) is 12.2 Å². The Morgan fingerprint density at radius 1 is 1.60 bits per heavy atom. The molecular formula is C11H10ClNO2. The zero-order valence-electron chi connectivity index (χ0n) is 8.50. The van der Waals surface area contributed by atoms with Crippen LogP contribution < -0.4 is 4.74 Å². The lowest BCUT2D eigenvalue weighted by Crippen LogP contribution is -2.00. The number of ether oxygens (including phenoxy) is 1. The van der Waals surface area contributed by atoms with Crippen molar-refractivity contribution in [3.63, 3.8) is 0 Å². The zero-order valence-corrected chi connectivity index (χ0v) is 9.26. The molecule has 0 saturated heterocycles. The van der Waals surface area contributed by atoms with Crippen molar-refractivity contribution in [2.75, 3.05) is 6.61 Å². The lowest BCUT2D eigenvalue weighted by molar-refractivity contribution is 0.101. The van der Waals surface area contributed by atoms with Crippen LogP contribution in [0.5, 0.6) is 5.75 Å². The van der Waals surface area contributed by atoms with Crippen molar-refractivity contribution < 1.29 is 9.53 Å². The van der Waals surface area contributed by atoms with Crippen LogP contribution in [0.1, 0.15) is 29.8 Å². The minimum Gasteiger partial charge on any atom is -0.492 e. The molecule has 0 saturated carbocycles. The lowest BCUT2D eigenvalue weighted by Gasteiger charge is -2.08. The molecular weight excluding hydrogens is 214 g/mol. The van der Waals surface area contributed by atoms with Crippen LogP contribution in [-0.2, 0) is 0 Å². The summed E-state index contributed by atoms with van der Waals surface area (Å²) < 4.78 is 5.22. The van der Waals surface area contributed by atoms with Gasteiger partial charge in [0, 0.05) is 5.56 Å². The van der Waals surface area contributed by atoms with Gasteiger partial charge in [-0.1, -0.05) is 11.6 Å². The number of hydrogen-bond donors (Lipinski definition) is 0. The molecule has 4 heteroatoms. The first-order chi connectivity index (χ1) is 7.11. The Kier molecular flexibility index (Phi) is 3.70. The molecule has 1 aromatic rings. The minimum atomic E-state index is -0.184. The number of carbonyl (C=O) groups excluding carboxylic acids is 1. The summed E-state index contributed by atoms with van der Waals surface area (Å²) in [7, 11) is 0. The number of ketones is 1. The van der Waals surface area contributed by atoms with Crippen molar-refractivity contribution in [1.29, 1.82) is 5.26 Å². The van der Waals surface area contributed by atoms with Crippen LogP contribution in [0, 0.1) is 11.3 Å². The van der Waals surface area contributed by atoms with Gasteiger partial charge in [-0.15, -0.1) is 0 Å². The smallest absolute Gasteiger partial charge is 0.161 e. The van der Waals surface area contributed by atoms with Gasteiger partial charge >= 0.3 is 0 Å². The maximum atomic E-state index is 11.2. The Morgan fingerprint density at radius 3 is 2.73 bits per heavy atom. The second-order valence-electron chi connectivity index (χ2n) is 2.90. The Hall–Kier alpha value is -1.53. The van der Waals surface area contributed by atoms with Crippen LogP contribution in [0.3, 0.4) is 0 Å². The molecule has 1 rings (SSSR count). The molecule has 0 spiro atoms. The number of benzene rings is 1. The maximum Gasteiger partial charge on any atom is 0.161 e. The predicted molar refractivity (Wildman–Crippen MR) is 57.3 cm³/mol. The Bertz CT molecular complexity index is 435. The fourth-order valence-electron chi connectivity index (χ4n) is 1.23. The van der Waals surface area contributed by atoms with Gasteiger partial charge in [-0.3, -0.25) is 4.79 Å². The van der Waals surface area contributed by atoms with Gasteiger partial charge in [0.15, 0.2) is 5.78 Å². The molecule has 78 valence electrons. The number of nitrogens with zero attached hydrogens (tertiary/aromatic N) is 1. The first kappa shape index (κ1) is 11.5. The summed E-state index contributed by atoms with van der Waals surface area (Å²) >= 11 is 5.94. The molecule has 15 heavy (non-hydrogen) atoms. The van der Waals surface area contributed by atoms with E-state index in [-0.39, 0.29) is 16.4 Å².